The minimum Gasteiger partial charge on any atom is -0.399 e. The summed E-state index contributed by atoms with van der Waals surface area (Å²) < 4.78 is 1.77. The van der Waals surface area contributed by atoms with Crippen LogP contribution in [0.1, 0.15) is 5.69 Å². The molecular weight excluding hydrogens is 224 g/mol. The van der Waals surface area contributed by atoms with Gasteiger partial charge in [-0.05, 0) is 24.3 Å². The third kappa shape index (κ3) is 2.46. The summed E-state index contributed by atoms with van der Waals surface area (Å²) in [6.07, 6.45) is 1.90. The number of halogens is 1. The molecule has 0 bridgehead atoms. The molecule has 0 saturated heterocycles. The summed E-state index contributed by atoms with van der Waals surface area (Å²) in [4.78, 5) is 0. The minimum atomic E-state index is 0.621. The van der Waals surface area contributed by atoms with Crippen LogP contribution >= 0.6 is 11.6 Å². The number of aryl methyl sites for hydroxylation is 1. The van der Waals surface area contributed by atoms with Gasteiger partial charge in [0.05, 0.1) is 22.9 Å². The Labute approximate surface area is 99.0 Å². The average molecular weight is 237 g/mol. The zero-order valence-corrected chi connectivity index (χ0v) is 9.70. The molecule has 0 aliphatic rings. The van der Waals surface area contributed by atoms with E-state index in [0.717, 1.165) is 11.4 Å². The monoisotopic (exact) mass is 236 g/mol. The zero-order chi connectivity index (χ0) is 11.5. The van der Waals surface area contributed by atoms with Crippen LogP contribution in [0.15, 0.2) is 30.5 Å². The van der Waals surface area contributed by atoms with Gasteiger partial charge >= 0.3 is 0 Å². The van der Waals surface area contributed by atoms with Crippen LogP contribution in [-0.4, -0.2) is 9.78 Å². The second-order valence-corrected chi connectivity index (χ2v) is 3.98. The van der Waals surface area contributed by atoms with Gasteiger partial charge in [-0.3, -0.25) is 4.68 Å². The molecule has 0 radical (unpaired) electrons. The molecule has 1 aromatic carbocycles. The van der Waals surface area contributed by atoms with Gasteiger partial charge in [-0.2, -0.15) is 5.10 Å². The van der Waals surface area contributed by atoms with Crippen molar-refractivity contribution >= 4 is 23.0 Å². The highest BCUT2D eigenvalue weighted by atomic mass is 35.5. The molecule has 84 valence electrons. The molecule has 0 fully saturated rings. The van der Waals surface area contributed by atoms with E-state index >= 15 is 0 Å². The molecule has 4 nitrogen and oxygen atoms in total. The molecular formula is C11H13ClN4. The first kappa shape index (κ1) is 10.8. The van der Waals surface area contributed by atoms with Crippen LogP contribution in [0.2, 0.25) is 5.02 Å². The van der Waals surface area contributed by atoms with Crippen molar-refractivity contribution in [1.82, 2.24) is 9.78 Å². The van der Waals surface area contributed by atoms with Gasteiger partial charge in [0, 0.05) is 18.9 Å². The SMILES string of the molecule is Cn1ccc(CNc2ccc(N)cc2Cl)n1. The van der Waals surface area contributed by atoms with Crippen molar-refractivity contribution < 1.29 is 0 Å². The number of hydrogen-bond acceptors (Lipinski definition) is 3. The lowest BCUT2D eigenvalue weighted by molar-refractivity contribution is 0.747. The Hall–Kier alpha value is -1.68. The van der Waals surface area contributed by atoms with Crippen LogP contribution in [0.5, 0.6) is 0 Å². The molecule has 2 aromatic rings. The third-order valence-electron chi connectivity index (χ3n) is 2.22. The van der Waals surface area contributed by atoms with Gasteiger partial charge in [0.1, 0.15) is 0 Å². The molecule has 0 atom stereocenters. The number of hydrogen-bond donors (Lipinski definition) is 2. The molecule has 0 amide bonds. The van der Waals surface area contributed by atoms with E-state index in [2.05, 4.69) is 10.4 Å². The van der Waals surface area contributed by atoms with Gasteiger partial charge in [0.15, 0.2) is 0 Å². The quantitative estimate of drug-likeness (QED) is 0.804. The predicted octanol–water partition coefficient (Wildman–Crippen LogP) is 2.27. The van der Waals surface area contributed by atoms with Crippen molar-refractivity contribution in [3.63, 3.8) is 0 Å². The molecule has 1 heterocycles. The molecule has 0 aliphatic heterocycles. The molecule has 2 rings (SSSR count). The van der Waals surface area contributed by atoms with Crippen LogP contribution in [0.25, 0.3) is 0 Å². The van der Waals surface area contributed by atoms with Crippen LogP contribution in [0.3, 0.4) is 0 Å². The van der Waals surface area contributed by atoms with E-state index in [0.29, 0.717) is 17.3 Å². The van der Waals surface area contributed by atoms with E-state index in [1.165, 1.54) is 0 Å². The molecule has 3 N–H and O–H groups in total. The molecule has 5 heteroatoms. The smallest absolute Gasteiger partial charge is 0.0815 e. The third-order valence-corrected chi connectivity index (χ3v) is 2.53. The molecule has 0 saturated carbocycles. The summed E-state index contributed by atoms with van der Waals surface area (Å²) in [5.74, 6) is 0. The Morgan fingerprint density at radius 3 is 2.88 bits per heavy atom. The normalized spacial score (nSPS) is 10.4. The van der Waals surface area contributed by atoms with Crippen molar-refractivity contribution in [2.45, 2.75) is 6.54 Å². The summed E-state index contributed by atoms with van der Waals surface area (Å²) in [6.45, 7) is 0.643. The van der Waals surface area contributed by atoms with E-state index in [-0.39, 0.29) is 0 Å². The number of nitrogens with zero attached hydrogens (tertiary/aromatic N) is 2. The Morgan fingerprint density at radius 1 is 1.44 bits per heavy atom. The van der Waals surface area contributed by atoms with Crippen LogP contribution in [-0.2, 0) is 13.6 Å². The predicted molar refractivity (Wildman–Crippen MR) is 66.4 cm³/mol. The van der Waals surface area contributed by atoms with Crippen molar-refractivity contribution in [2.75, 3.05) is 11.1 Å². The van der Waals surface area contributed by atoms with Gasteiger partial charge in [-0.25, -0.2) is 0 Å². The highest BCUT2D eigenvalue weighted by Crippen LogP contribution is 2.24. The van der Waals surface area contributed by atoms with Crippen LogP contribution in [0, 0.1) is 0 Å². The zero-order valence-electron chi connectivity index (χ0n) is 8.94. The van der Waals surface area contributed by atoms with E-state index in [1.54, 1.807) is 10.7 Å². The fourth-order valence-electron chi connectivity index (χ4n) is 1.42. The van der Waals surface area contributed by atoms with Gasteiger partial charge in [-0.15, -0.1) is 0 Å². The maximum atomic E-state index is 6.03. The van der Waals surface area contributed by atoms with E-state index < -0.39 is 0 Å². The van der Waals surface area contributed by atoms with Gasteiger partial charge in [0.25, 0.3) is 0 Å². The first-order valence-electron chi connectivity index (χ1n) is 4.92. The van der Waals surface area contributed by atoms with Crippen LogP contribution in [0.4, 0.5) is 11.4 Å². The number of benzene rings is 1. The largest absolute Gasteiger partial charge is 0.399 e. The Balaban J connectivity index is 2.04. The topological polar surface area (TPSA) is 55.9 Å². The summed E-state index contributed by atoms with van der Waals surface area (Å²) >= 11 is 6.03. The van der Waals surface area contributed by atoms with Crippen LogP contribution < -0.4 is 11.1 Å². The lowest BCUT2D eigenvalue weighted by Gasteiger charge is -2.07. The van der Waals surface area contributed by atoms with E-state index in [4.69, 9.17) is 17.3 Å². The first-order valence-corrected chi connectivity index (χ1v) is 5.30. The Bertz CT molecular complexity index is 492. The van der Waals surface area contributed by atoms with Gasteiger partial charge in [-0.1, -0.05) is 11.6 Å². The number of rotatable bonds is 3. The Morgan fingerprint density at radius 2 is 2.25 bits per heavy atom. The number of nitrogen functional groups attached to an aromatic ring is 1. The van der Waals surface area contributed by atoms with E-state index in [1.807, 2.05) is 31.4 Å². The molecule has 0 spiro atoms. The highest BCUT2D eigenvalue weighted by molar-refractivity contribution is 6.33. The highest BCUT2D eigenvalue weighted by Gasteiger charge is 2.01. The summed E-state index contributed by atoms with van der Waals surface area (Å²) in [5, 5.41) is 8.09. The summed E-state index contributed by atoms with van der Waals surface area (Å²) in [6, 6.07) is 7.35. The van der Waals surface area contributed by atoms with Gasteiger partial charge < -0.3 is 11.1 Å². The van der Waals surface area contributed by atoms with Crippen molar-refractivity contribution in [3.05, 3.63) is 41.2 Å². The number of aromatic nitrogens is 2. The minimum absolute atomic E-state index is 0.621. The maximum absolute atomic E-state index is 6.03. The molecule has 0 aliphatic carbocycles. The maximum Gasteiger partial charge on any atom is 0.0815 e. The van der Waals surface area contributed by atoms with Crippen molar-refractivity contribution in [3.8, 4) is 0 Å². The molecule has 16 heavy (non-hydrogen) atoms. The fourth-order valence-corrected chi connectivity index (χ4v) is 1.67. The van der Waals surface area contributed by atoms with Gasteiger partial charge in [0.2, 0.25) is 0 Å². The summed E-state index contributed by atoms with van der Waals surface area (Å²) in [5.41, 5.74) is 8.10. The molecule has 1 aromatic heterocycles. The van der Waals surface area contributed by atoms with Crippen molar-refractivity contribution in [2.24, 2.45) is 7.05 Å². The second-order valence-electron chi connectivity index (χ2n) is 3.57. The van der Waals surface area contributed by atoms with Crippen molar-refractivity contribution in [1.29, 1.82) is 0 Å². The lowest BCUT2D eigenvalue weighted by atomic mass is 10.3. The Kier molecular flexibility index (Phi) is 3.01. The summed E-state index contributed by atoms with van der Waals surface area (Å²) in [7, 11) is 1.89. The van der Waals surface area contributed by atoms with E-state index in [9.17, 15) is 0 Å². The fraction of sp³-hybridized carbons (Fsp3) is 0.182. The average Bonchev–Trinajstić information content (AvgIpc) is 2.63. The molecule has 0 unspecified atom stereocenters. The number of nitrogens with one attached hydrogen (secondary N) is 1. The lowest BCUT2D eigenvalue weighted by Crippen LogP contribution is -2.01. The standard InChI is InChI=1S/C11H13ClN4/c1-16-5-4-9(15-16)7-14-11-3-2-8(13)6-10(11)12/h2-6,14H,7,13H2,1H3. The number of nitrogens with two attached hydrogens (primary N) is 1. The number of anilines is 2. The second kappa shape index (κ2) is 4.45. The first-order chi connectivity index (χ1) is 7.65.